The predicted molar refractivity (Wildman–Crippen MR) is 92.3 cm³/mol. The van der Waals surface area contributed by atoms with E-state index in [2.05, 4.69) is 5.32 Å². The van der Waals surface area contributed by atoms with Crippen molar-refractivity contribution in [2.45, 2.75) is 20.0 Å². The van der Waals surface area contributed by atoms with E-state index in [1.807, 2.05) is 6.92 Å². The summed E-state index contributed by atoms with van der Waals surface area (Å²) in [5, 5.41) is 3.50. The van der Waals surface area contributed by atoms with E-state index in [1.165, 1.54) is 30.3 Å². The Morgan fingerprint density at radius 2 is 1.88 bits per heavy atom. The van der Waals surface area contributed by atoms with Crippen molar-refractivity contribution in [3.05, 3.63) is 70.3 Å². The van der Waals surface area contributed by atoms with Crippen LogP contribution in [0.25, 0.3) is 11.0 Å². The van der Waals surface area contributed by atoms with Crippen LogP contribution in [0.15, 0.2) is 57.7 Å². The number of halogens is 1. The Hall–Kier alpha value is -3.15. The summed E-state index contributed by atoms with van der Waals surface area (Å²) in [6, 6.07) is 11.9. The molecule has 0 fully saturated rings. The number of ether oxygens (including phenoxy) is 1. The molecule has 0 unspecified atom stereocenters. The normalized spacial score (nSPS) is 12.0. The van der Waals surface area contributed by atoms with Gasteiger partial charge in [-0.15, -0.1) is 0 Å². The molecule has 25 heavy (non-hydrogen) atoms. The van der Waals surface area contributed by atoms with Crippen LogP contribution < -0.4 is 15.7 Å². The molecule has 0 bridgehead atoms. The lowest BCUT2D eigenvalue weighted by atomic mass is 10.1. The van der Waals surface area contributed by atoms with Gasteiger partial charge in [0, 0.05) is 23.2 Å². The maximum Gasteiger partial charge on any atom is 0.336 e. The minimum atomic E-state index is -0.786. The Bertz CT molecular complexity index is 979. The average molecular weight is 341 g/mol. The highest BCUT2D eigenvalue weighted by Gasteiger charge is 2.15. The second kappa shape index (κ2) is 6.76. The van der Waals surface area contributed by atoms with Crippen molar-refractivity contribution >= 4 is 22.6 Å². The number of hydrogen-bond acceptors (Lipinski definition) is 4. The molecule has 1 heterocycles. The van der Waals surface area contributed by atoms with Gasteiger partial charge in [0.15, 0.2) is 6.10 Å². The van der Waals surface area contributed by atoms with Crippen LogP contribution in [0.1, 0.15) is 12.5 Å². The van der Waals surface area contributed by atoms with Crippen molar-refractivity contribution < 1.29 is 18.3 Å². The molecule has 1 atom stereocenters. The monoisotopic (exact) mass is 341 g/mol. The molecular weight excluding hydrogens is 325 g/mol. The van der Waals surface area contributed by atoms with Gasteiger partial charge >= 0.3 is 5.63 Å². The number of amides is 1. The van der Waals surface area contributed by atoms with Crippen LogP contribution in [0.2, 0.25) is 0 Å². The Morgan fingerprint density at radius 1 is 1.16 bits per heavy atom. The van der Waals surface area contributed by atoms with Crippen molar-refractivity contribution in [1.82, 2.24) is 0 Å². The van der Waals surface area contributed by atoms with Crippen LogP contribution in [-0.4, -0.2) is 12.0 Å². The van der Waals surface area contributed by atoms with Gasteiger partial charge in [0.2, 0.25) is 0 Å². The van der Waals surface area contributed by atoms with Crippen LogP contribution in [0, 0.1) is 12.7 Å². The molecule has 3 rings (SSSR count). The number of aryl methyl sites for hydroxylation is 1. The molecule has 0 aliphatic heterocycles. The second-order valence-corrected chi connectivity index (χ2v) is 5.66. The summed E-state index contributed by atoms with van der Waals surface area (Å²) in [5.74, 6) is -0.361. The Morgan fingerprint density at radius 3 is 2.60 bits per heavy atom. The molecule has 0 saturated heterocycles. The van der Waals surface area contributed by atoms with E-state index < -0.39 is 11.7 Å². The lowest BCUT2D eigenvalue weighted by Gasteiger charge is -2.15. The summed E-state index contributed by atoms with van der Waals surface area (Å²) in [6.45, 7) is 3.40. The first-order valence-electron chi connectivity index (χ1n) is 7.70. The molecule has 5 nitrogen and oxygen atoms in total. The topological polar surface area (TPSA) is 68.5 Å². The number of anilines is 1. The van der Waals surface area contributed by atoms with Gasteiger partial charge in [0.1, 0.15) is 17.1 Å². The first kappa shape index (κ1) is 16.7. The van der Waals surface area contributed by atoms with E-state index in [0.717, 1.165) is 10.9 Å². The summed E-state index contributed by atoms with van der Waals surface area (Å²) in [4.78, 5) is 23.7. The number of nitrogens with one attached hydrogen (secondary N) is 1. The predicted octanol–water partition coefficient (Wildman–Crippen LogP) is 3.65. The first-order valence-corrected chi connectivity index (χ1v) is 7.70. The smallest absolute Gasteiger partial charge is 0.336 e. The van der Waals surface area contributed by atoms with Crippen molar-refractivity contribution in [2.75, 3.05) is 5.32 Å². The molecule has 0 spiro atoms. The van der Waals surface area contributed by atoms with E-state index >= 15 is 0 Å². The number of rotatable bonds is 4. The van der Waals surface area contributed by atoms with Gasteiger partial charge in [-0.2, -0.15) is 0 Å². The summed E-state index contributed by atoms with van der Waals surface area (Å²) in [6.07, 6.45) is -0.786. The number of carbonyl (C=O) groups is 1. The van der Waals surface area contributed by atoms with Gasteiger partial charge in [-0.25, -0.2) is 9.18 Å². The van der Waals surface area contributed by atoms with Crippen molar-refractivity contribution in [2.24, 2.45) is 0 Å². The zero-order valence-electron chi connectivity index (χ0n) is 13.7. The summed E-state index contributed by atoms with van der Waals surface area (Å²) >= 11 is 0. The molecule has 0 aliphatic carbocycles. The number of carbonyl (C=O) groups excluding carboxylic acids is 1. The molecule has 1 amide bonds. The maximum absolute atomic E-state index is 12.9. The molecule has 1 N–H and O–H groups in total. The number of hydrogen-bond donors (Lipinski definition) is 1. The zero-order chi connectivity index (χ0) is 18.0. The van der Waals surface area contributed by atoms with Gasteiger partial charge < -0.3 is 14.5 Å². The van der Waals surface area contributed by atoms with Gasteiger partial charge in [-0.3, -0.25) is 4.79 Å². The molecule has 6 heteroatoms. The fourth-order valence-corrected chi connectivity index (χ4v) is 2.42. The quantitative estimate of drug-likeness (QED) is 0.736. The second-order valence-electron chi connectivity index (χ2n) is 5.66. The Labute approximate surface area is 143 Å². The molecule has 3 aromatic rings. The average Bonchev–Trinajstić information content (AvgIpc) is 2.56. The zero-order valence-corrected chi connectivity index (χ0v) is 13.7. The lowest BCUT2D eigenvalue weighted by molar-refractivity contribution is -0.122. The first-order chi connectivity index (χ1) is 11.9. The Kier molecular flexibility index (Phi) is 4.52. The van der Waals surface area contributed by atoms with Crippen molar-refractivity contribution in [3.63, 3.8) is 0 Å². The summed E-state index contributed by atoms with van der Waals surface area (Å²) in [5.41, 5.74) is 1.24. The van der Waals surface area contributed by atoms with Crippen molar-refractivity contribution in [3.8, 4) is 5.75 Å². The molecular formula is C19H16FNO4. The van der Waals surface area contributed by atoms with E-state index in [9.17, 15) is 14.0 Å². The standard InChI is InChI=1S/C19H16FNO4/c1-11-9-18(22)25-17-10-14(5-8-16(11)17)21-19(23)12(2)24-15-6-3-13(20)4-7-15/h3-10,12H,1-2H3,(H,21,23)/t12-/m1/s1. The minimum Gasteiger partial charge on any atom is -0.481 e. The SMILES string of the molecule is Cc1cc(=O)oc2cc(NC(=O)[C@@H](C)Oc3ccc(F)cc3)ccc12. The largest absolute Gasteiger partial charge is 0.481 e. The molecule has 128 valence electrons. The van der Waals surface area contributed by atoms with Crippen molar-refractivity contribution in [1.29, 1.82) is 0 Å². The number of fused-ring (bicyclic) bond motifs is 1. The van der Waals surface area contributed by atoms with Gasteiger partial charge in [-0.1, -0.05) is 0 Å². The molecule has 2 aromatic carbocycles. The van der Waals surface area contributed by atoms with Gasteiger partial charge in [0.25, 0.3) is 5.91 Å². The summed E-state index contributed by atoms with van der Waals surface area (Å²) < 4.78 is 23.5. The molecule has 0 saturated carbocycles. The van der Waals surface area contributed by atoms with Crippen LogP contribution in [0.3, 0.4) is 0 Å². The lowest BCUT2D eigenvalue weighted by Crippen LogP contribution is -2.30. The van der Waals surface area contributed by atoms with E-state index in [4.69, 9.17) is 9.15 Å². The maximum atomic E-state index is 12.9. The third kappa shape index (κ3) is 3.85. The fourth-order valence-electron chi connectivity index (χ4n) is 2.42. The fraction of sp³-hybridized carbons (Fsp3) is 0.158. The number of benzene rings is 2. The van der Waals surface area contributed by atoms with Crippen LogP contribution in [0.4, 0.5) is 10.1 Å². The molecule has 0 aliphatic rings. The third-order valence-corrected chi connectivity index (χ3v) is 3.71. The minimum absolute atomic E-state index is 0.376. The van der Waals surface area contributed by atoms with Gasteiger partial charge in [0.05, 0.1) is 0 Å². The van der Waals surface area contributed by atoms with Crippen LogP contribution in [0.5, 0.6) is 5.75 Å². The third-order valence-electron chi connectivity index (χ3n) is 3.71. The molecule has 0 radical (unpaired) electrons. The Balaban J connectivity index is 1.74. The van der Waals surface area contributed by atoms with E-state index in [1.54, 1.807) is 25.1 Å². The van der Waals surface area contributed by atoms with Crippen LogP contribution in [-0.2, 0) is 4.79 Å². The van der Waals surface area contributed by atoms with E-state index in [-0.39, 0.29) is 11.7 Å². The highest BCUT2D eigenvalue weighted by atomic mass is 19.1. The highest BCUT2D eigenvalue weighted by molar-refractivity contribution is 5.96. The highest BCUT2D eigenvalue weighted by Crippen LogP contribution is 2.21. The van der Waals surface area contributed by atoms with E-state index in [0.29, 0.717) is 17.0 Å². The van der Waals surface area contributed by atoms with Crippen LogP contribution >= 0.6 is 0 Å². The van der Waals surface area contributed by atoms with Gasteiger partial charge in [-0.05, 0) is 55.8 Å². The summed E-state index contributed by atoms with van der Waals surface area (Å²) in [7, 11) is 0. The molecule has 1 aromatic heterocycles.